The number of rotatable bonds is 7. The van der Waals surface area contributed by atoms with E-state index in [1.807, 2.05) is 24.3 Å². The fraction of sp³-hybridized carbons (Fsp3) is 0.130. The average Bonchev–Trinajstić information content (AvgIpc) is 3.37. The number of hydrogen-bond donors (Lipinski definition) is 0. The molecule has 0 atom stereocenters. The Kier molecular flexibility index (Phi) is 7.02. The topological polar surface area (TPSA) is 83.3 Å². The Hall–Kier alpha value is -3.27. The summed E-state index contributed by atoms with van der Waals surface area (Å²) in [6.45, 7) is 0.0927. The minimum absolute atomic E-state index is 0.0927. The first kappa shape index (κ1) is 22.9. The molecule has 4 aromatic rings. The van der Waals surface area contributed by atoms with Crippen molar-refractivity contribution in [2.45, 2.75) is 6.54 Å². The van der Waals surface area contributed by atoms with Crippen LogP contribution < -0.4 is 24.2 Å². The summed E-state index contributed by atoms with van der Waals surface area (Å²) in [6.07, 6.45) is 3.17. The molecule has 2 aromatic heterocycles. The van der Waals surface area contributed by atoms with Crippen LogP contribution in [0, 0.1) is 0 Å². The van der Waals surface area contributed by atoms with Crippen LogP contribution >= 0.6 is 34.5 Å². The Balaban J connectivity index is 1.90. The highest BCUT2D eigenvalue weighted by Crippen LogP contribution is 2.20. The van der Waals surface area contributed by atoms with Crippen LogP contribution in [0.15, 0.2) is 53.3 Å². The van der Waals surface area contributed by atoms with Crippen LogP contribution in [0.3, 0.4) is 0 Å². The van der Waals surface area contributed by atoms with E-state index in [-0.39, 0.29) is 17.9 Å². The second-order valence-corrected chi connectivity index (χ2v) is 9.20. The first-order chi connectivity index (χ1) is 16.0. The normalized spacial score (nSPS) is 12.2. The van der Waals surface area contributed by atoms with Crippen LogP contribution in [0.5, 0.6) is 11.5 Å². The zero-order valence-electron chi connectivity index (χ0n) is 17.6. The zero-order valence-corrected chi connectivity index (χ0v) is 20.0. The highest BCUT2D eigenvalue weighted by atomic mass is 35.5. The number of aromatic nitrogens is 3. The van der Waals surface area contributed by atoms with Gasteiger partial charge in [0.1, 0.15) is 26.2 Å². The van der Waals surface area contributed by atoms with Crippen molar-refractivity contribution in [3.63, 3.8) is 0 Å². The van der Waals surface area contributed by atoms with E-state index in [1.54, 1.807) is 37.5 Å². The lowest BCUT2D eigenvalue weighted by Gasteiger charge is -2.04. The van der Waals surface area contributed by atoms with Crippen LogP contribution in [-0.2, 0) is 6.54 Å². The summed E-state index contributed by atoms with van der Waals surface area (Å²) in [5.74, 6) is 0.810. The molecule has 0 amide bonds. The van der Waals surface area contributed by atoms with Gasteiger partial charge in [0.05, 0.1) is 30.9 Å². The van der Waals surface area contributed by atoms with E-state index in [9.17, 15) is 9.59 Å². The second-order valence-electron chi connectivity index (χ2n) is 6.78. The third-order valence-electron chi connectivity index (χ3n) is 4.81. The van der Waals surface area contributed by atoms with Crippen molar-refractivity contribution in [1.82, 2.24) is 14.2 Å². The number of Topliss-reactive ketones (excluding diaryl/α,β-unsaturated/α-hetero) is 1. The molecule has 2 heterocycles. The van der Waals surface area contributed by atoms with E-state index in [1.165, 1.54) is 29.1 Å². The maximum absolute atomic E-state index is 13.3. The monoisotopic (exact) mass is 499 g/mol. The van der Waals surface area contributed by atoms with E-state index < -0.39 is 0 Å². The number of benzene rings is 2. The molecule has 0 aliphatic heterocycles. The lowest BCUT2D eigenvalue weighted by molar-refractivity contribution is 0.105. The number of ketones is 1. The molecule has 0 bridgehead atoms. The molecule has 33 heavy (non-hydrogen) atoms. The summed E-state index contributed by atoms with van der Waals surface area (Å²) in [5.41, 5.74) is 1.34. The molecule has 2 aromatic carbocycles. The summed E-state index contributed by atoms with van der Waals surface area (Å²) >= 11 is 8.41. The molecular weight excluding hydrogens is 482 g/mol. The van der Waals surface area contributed by atoms with Gasteiger partial charge in [-0.3, -0.25) is 14.2 Å². The lowest BCUT2D eigenvalue weighted by atomic mass is 10.1. The largest absolute Gasteiger partial charge is 0.496 e. The van der Waals surface area contributed by atoms with Gasteiger partial charge in [-0.2, -0.15) is 0 Å². The number of hydrogen-bond acceptors (Lipinski definition) is 8. The molecule has 0 radical (unpaired) electrons. The quantitative estimate of drug-likeness (QED) is 0.363. The fourth-order valence-corrected chi connectivity index (χ4v) is 4.84. The third kappa shape index (κ3) is 4.90. The van der Waals surface area contributed by atoms with Gasteiger partial charge in [0.2, 0.25) is 0 Å². The minimum Gasteiger partial charge on any atom is -0.496 e. The molecule has 0 aliphatic carbocycles. The SMILES string of the molecule is COc1ccccc1C=c1sc(=CC(=O)c2ccccc2OC)n(Cc2nnsc2Cl)c1=O. The van der Waals surface area contributed by atoms with Crippen molar-refractivity contribution in [2.24, 2.45) is 0 Å². The highest BCUT2D eigenvalue weighted by Gasteiger charge is 2.14. The second kappa shape index (κ2) is 10.1. The Morgan fingerprint density at radius 2 is 1.79 bits per heavy atom. The van der Waals surface area contributed by atoms with Crippen molar-refractivity contribution in [3.8, 4) is 11.5 Å². The molecule has 0 aliphatic rings. The van der Waals surface area contributed by atoms with Gasteiger partial charge < -0.3 is 9.47 Å². The number of halogens is 1. The van der Waals surface area contributed by atoms with Crippen molar-refractivity contribution in [3.05, 3.63) is 89.2 Å². The van der Waals surface area contributed by atoms with Gasteiger partial charge in [0.15, 0.2) is 5.78 Å². The Bertz CT molecular complexity index is 1490. The number of para-hydroxylation sites is 2. The number of carbonyl (C=O) groups excluding carboxylic acids is 1. The van der Waals surface area contributed by atoms with Crippen molar-refractivity contribution < 1.29 is 14.3 Å². The zero-order chi connectivity index (χ0) is 23.4. The first-order valence-corrected chi connectivity index (χ1v) is 11.7. The molecule has 0 spiro atoms. The summed E-state index contributed by atoms with van der Waals surface area (Å²) in [7, 11) is 3.08. The Morgan fingerprint density at radius 1 is 1.09 bits per heavy atom. The summed E-state index contributed by atoms with van der Waals surface area (Å²) in [5, 5.41) is 4.01. The van der Waals surface area contributed by atoms with Gasteiger partial charge in [-0.05, 0) is 24.3 Å². The van der Waals surface area contributed by atoms with Crippen molar-refractivity contribution >= 4 is 52.4 Å². The number of nitrogens with zero attached hydrogens (tertiary/aromatic N) is 3. The summed E-state index contributed by atoms with van der Waals surface area (Å²) in [4.78, 5) is 26.4. The van der Waals surface area contributed by atoms with Crippen molar-refractivity contribution in [1.29, 1.82) is 0 Å². The first-order valence-electron chi connectivity index (χ1n) is 9.72. The predicted molar refractivity (Wildman–Crippen MR) is 130 cm³/mol. The maximum atomic E-state index is 13.3. The molecular formula is C23H18ClN3O4S2. The molecule has 0 saturated heterocycles. The maximum Gasteiger partial charge on any atom is 0.269 e. The van der Waals surface area contributed by atoms with Crippen LogP contribution in [0.25, 0.3) is 12.2 Å². The predicted octanol–water partition coefficient (Wildman–Crippen LogP) is 2.97. The smallest absolute Gasteiger partial charge is 0.269 e. The molecule has 7 nitrogen and oxygen atoms in total. The van der Waals surface area contributed by atoms with Gasteiger partial charge in [-0.15, -0.1) is 16.4 Å². The third-order valence-corrected chi connectivity index (χ3v) is 6.85. The van der Waals surface area contributed by atoms with Crippen LogP contribution in [0.4, 0.5) is 0 Å². The minimum atomic E-state index is -0.284. The molecule has 0 unspecified atom stereocenters. The molecule has 0 N–H and O–H groups in total. The molecule has 10 heteroatoms. The Labute approximate surface area is 202 Å². The van der Waals surface area contributed by atoms with Gasteiger partial charge >= 0.3 is 0 Å². The lowest BCUT2D eigenvalue weighted by Crippen LogP contribution is -2.32. The van der Waals surface area contributed by atoms with Gasteiger partial charge in [-0.25, -0.2) is 0 Å². The average molecular weight is 500 g/mol. The van der Waals surface area contributed by atoms with Gasteiger partial charge in [-0.1, -0.05) is 46.4 Å². The standard InChI is InChI=1S/C23H18ClN3O4S2/c1-30-18-9-5-3-7-14(18)11-20-23(29)27(13-16-22(24)33-26-25-16)21(32-20)12-17(28)15-8-4-6-10-19(15)31-2/h3-12H,13H2,1-2H3. The number of ether oxygens (including phenoxy) is 2. The summed E-state index contributed by atoms with van der Waals surface area (Å²) < 4.78 is 17.3. The van der Waals surface area contributed by atoms with Crippen LogP contribution in [0.2, 0.25) is 4.34 Å². The number of carbonyl (C=O) groups is 1. The Morgan fingerprint density at radius 3 is 2.48 bits per heavy atom. The van der Waals surface area contributed by atoms with Crippen LogP contribution in [-0.4, -0.2) is 34.2 Å². The van der Waals surface area contributed by atoms with Gasteiger partial charge in [0.25, 0.3) is 5.56 Å². The van der Waals surface area contributed by atoms with E-state index >= 15 is 0 Å². The molecule has 0 saturated carbocycles. The van der Waals surface area contributed by atoms with E-state index in [2.05, 4.69) is 9.59 Å². The number of methoxy groups -OCH3 is 2. The van der Waals surface area contributed by atoms with E-state index in [4.69, 9.17) is 21.1 Å². The fourth-order valence-electron chi connectivity index (χ4n) is 3.20. The highest BCUT2D eigenvalue weighted by molar-refractivity contribution is 7.10. The van der Waals surface area contributed by atoms with E-state index in [0.29, 0.717) is 36.3 Å². The molecule has 0 fully saturated rings. The van der Waals surface area contributed by atoms with Gasteiger partial charge in [0, 0.05) is 23.2 Å². The molecule has 168 valence electrons. The van der Waals surface area contributed by atoms with Crippen LogP contribution in [0.1, 0.15) is 21.6 Å². The summed E-state index contributed by atoms with van der Waals surface area (Å²) in [6, 6.07) is 14.3. The van der Waals surface area contributed by atoms with E-state index in [0.717, 1.165) is 17.1 Å². The van der Waals surface area contributed by atoms with Crippen molar-refractivity contribution in [2.75, 3.05) is 14.2 Å². The number of thiazole rings is 1. The molecule has 4 rings (SSSR count).